The summed E-state index contributed by atoms with van der Waals surface area (Å²) in [6, 6.07) is 1.26. The number of carboxylic acid groups (broad SMARTS) is 1. The summed E-state index contributed by atoms with van der Waals surface area (Å²) < 4.78 is 0. The predicted molar refractivity (Wildman–Crippen MR) is 55.2 cm³/mol. The molecule has 0 bridgehead atoms. The molecule has 0 aliphatic rings. The fourth-order valence-electron chi connectivity index (χ4n) is 1.42. The number of carboxylic acids is 1. The van der Waals surface area contributed by atoms with Crippen molar-refractivity contribution < 1.29 is 9.90 Å². The van der Waals surface area contributed by atoms with Gasteiger partial charge in [0.25, 0.3) is 0 Å². The summed E-state index contributed by atoms with van der Waals surface area (Å²) in [4.78, 5) is 20.7. The number of hydrogen-bond donors (Lipinski definition) is 1. The fraction of sp³-hybridized carbons (Fsp3) is 0.500. The highest BCUT2D eigenvalue weighted by Crippen LogP contribution is 2.05. The van der Waals surface area contributed by atoms with Crippen molar-refractivity contribution in [1.82, 2.24) is 14.9 Å². The van der Waals surface area contributed by atoms with E-state index in [-0.39, 0.29) is 0 Å². The molecule has 15 heavy (non-hydrogen) atoms. The van der Waals surface area contributed by atoms with Crippen molar-refractivity contribution in [3.05, 3.63) is 24.3 Å². The van der Waals surface area contributed by atoms with Crippen LogP contribution in [0.5, 0.6) is 0 Å². The van der Waals surface area contributed by atoms with Crippen molar-refractivity contribution in [3.8, 4) is 0 Å². The lowest BCUT2D eigenvalue weighted by atomic mass is 10.2. The first-order valence-electron chi connectivity index (χ1n) is 4.84. The number of hydrogen-bond acceptors (Lipinski definition) is 4. The topological polar surface area (TPSA) is 66.3 Å². The molecule has 0 fully saturated rings. The highest BCUT2D eigenvalue weighted by molar-refractivity contribution is 5.73. The summed E-state index contributed by atoms with van der Waals surface area (Å²) in [7, 11) is 1.76. The second-order valence-electron chi connectivity index (χ2n) is 3.34. The van der Waals surface area contributed by atoms with Crippen molar-refractivity contribution in [2.75, 3.05) is 7.05 Å². The van der Waals surface area contributed by atoms with Gasteiger partial charge in [0.1, 0.15) is 11.9 Å². The van der Waals surface area contributed by atoms with Crippen LogP contribution in [0.25, 0.3) is 0 Å². The minimum Gasteiger partial charge on any atom is -0.480 e. The van der Waals surface area contributed by atoms with Gasteiger partial charge in [0, 0.05) is 12.4 Å². The minimum atomic E-state index is -0.809. The molecule has 5 heteroatoms. The van der Waals surface area contributed by atoms with Crippen LogP contribution in [0, 0.1) is 0 Å². The molecule has 0 aliphatic heterocycles. The average molecular weight is 209 g/mol. The molecule has 1 aromatic rings. The Hall–Kier alpha value is -1.49. The van der Waals surface area contributed by atoms with E-state index in [1.54, 1.807) is 30.4 Å². The van der Waals surface area contributed by atoms with Crippen LogP contribution in [0.15, 0.2) is 18.5 Å². The number of aromatic nitrogens is 2. The zero-order valence-corrected chi connectivity index (χ0v) is 8.92. The largest absolute Gasteiger partial charge is 0.480 e. The Balaban J connectivity index is 2.62. The molecule has 0 amide bonds. The third-order valence-electron chi connectivity index (χ3n) is 2.21. The first kappa shape index (κ1) is 11.6. The van der Waals surface area contributed by atoms with Gasteiger partial charge in [-0.05, 0) is 19.5 Å². The first-order chi connectivity index (χ1) is 7.15. The van der Waals surface area contributed by atoms with Crippen molar-refractivity contribution >= 4 is 5.97 Å². The van der Waals surface area contributed by atoms with Gasteiger partial charge in [-0.1, -0.05) is 6.92 Å². The molecule has 1 rings (SSSR count). The quantitative estimate of drug-likeness (QED) is 0.776. The Bertz CT molecular complexity index is 316. The average Bonchev–Trinajstić information content (AvgIpc) is 2.19. The molecule has 1 aromatic heterocycles. The highest BCUT2D eigenvalue weighted by atomic mass is 16.4. The van der Waals surface area contributed by atoms with Gasteiger partial charge in [0.15, 0.2) is 0 Å². The van der Waals surface area contributed by atoms with Crippen LogP contribution in [-0.2, 0) is 11.3 Å². The van der Waals surface area contributed by atoms with Gasteiger partial charge in [-0.25, -0.2) is 9.97 Å². The summed E-state index contributed by atoms with van der Waals surface area (Å²) in [5.74, 6) is -0.171. The summed E-state index contributed by atoms with van der Waals surface area (Å²) in [6.07, 6.45) is 3.87. The zero-order chi connectivity index (χ0) is 11.3. The van der Waals surface area contributed by atoms with Crippen LogP contribution in [0.3, 0.4) is 0 Å². The number of rotatable bonds is 5. The standard InChI is InChI=1S/C10H15N3O2/c1-3-8(10(14)15)13(2)7-9-11-5-4-6-12-9/h4-6,8H,3,7H2,1-2H3,(H,14,15). The van der Waals surface area contributed by atoms with Crippen molar-refractivity contribution in [2.45, 2.75) is 25.9 Å². The molecular weight excluding hydrogens is 194 g/mol. The molecule has 1 heterocycles. The minimum absolute atomic E-state index is 0.450. The Morgan fingerprint density at radius 3 is 2.60 bits per heavy atom. The summed E-state index contributed by atoms with van der Waals surface area (Å²) in [5, 5.41) is 8.94. The van der Waals surface area contributed by atoms with E-state index in [0.29, 0.717) is 18.8 Å². The van der Waals surface area contributed by atoms with E-state index in [2.05, 4.69) is 9.97 Å². The van der Waals surface area contributed by atoms with Gasteiger partial charge in [-0.2, -0.15) is 0 Å². The molecule has 82 valence electrons. The van der Waals surface area contributed by atoms with Crippen LogP contribution in [-0.4, -0.2) is 39.0 Å². The van der Waals surface area contributed by atoms with Crippen LogP contribution in [0.1, 0.15) is 19.2 Å². The summed E-state index contributed by atoms with van der Waals surface area (Å²) in [5.41, 5.74) is 0. The van der Waals surface area contributed by atoms with Gasteiger partial charge in [0.05, 0.1) is 6.54 Å². The van der Waals surface area contributed by atoms with Gasteiger partial charge in [-0.3, -0.25) is 9.69 Å². The Labute approximate surface area is 88.8 Å². The third kappa shape index (κ3) is 3.28. The van der Waals surface area contributed by atoms with Crippen molar-refractivity contribution in [2.24, 2.45) is 0 Å². The van der Waals surface area contributed by atoms with E-state index < -0.39 is 12.0 Å². The van der Waals surface area contributed by atoms with Crippen LogP contribution >= 0.6 is 0 Å². The third-order valence-corrected chi connectivity index (χ3v) is 2.21. The second kappa shape index (κ2) is 5.41. The number of nitrogens with zero attached hydrogens (tertiary/aromatic N) is 3. The molecule has 0 radical (unpaired) electrons. The number of carbonyl (C=O) groups is 1. The Kier molecular flexibility index (Phi) is 4.17. The van der Waals surface area contributed by atoms with Gasteiger partial charge in [-0.15, -0.1) is 0 Å². The predicted octanol–water partition coefficient (Wildman–Crippen LogP) is 0.772. The van der Waals surface area contributed by atoms with Gasteiger partial charge >= 0.3 is 5.97 Å². The Morgan fingerprint density at radius 1 is 1.53 bits per heavy atom. The number of likely N-dealkylation sites (N-methyl/N-ethyl adjacent to an activating group) is 1. The van der Waals surface area contributed by atoms with Crippen molar-refractivity contribution in [3.63, 3.8) is 0 Å². The van der Waals surface area contributed by atoms with Gasteiger partial charge < -0.3 is 5.11 Å². The zero-order valence-electron chi connectivity index (χ0n) is 8.92. The van der Waals surface area contributed by atoms with E-state index in [1.165, 1.54) is 0 Å². The molecule has 1 N–H and O–H groups in total. The lowest BCUT2D eigenvalue weighted by molar-refractivity contribution is -0.143. The second-order valence-corrected chi connectivity index (χ2v) is 3.34. The monoisotopic (exact) mass is 209 g/mol. The molecule has 1 atom stereocenters. The smallest absolute Gasteiger partial charge is 0.320 e. The molecule has 0 spiro atoms. The van der Waals surface area contributed by atoms with Crippen LogP contribution in [0.4, 0.5) is 0 Å². The molecule has 0 aromatic carbocycles. The van der Waals surface area contributed by atoms with E-state index >= 15 is 0 Å². The van der Waals surface area contributed by atoms with E-state index in [9.17, 15) is 4.79 Å². The molecule has 0 saturated heterocycles. The van der Waals surface area contributed by atoms with E-state index in [1.807, 2.05) is 6.92 Å². The molecule has 5 nitrogen and oxygen atoms in total. The summed E-state index contributed by atoms with van der Waals surface area (Å²) in [6.45, 7) is 2.30. The maximum absolute atomic E-state index is 10.9. The Morgan fingerprint density at radius 2 is 2.13 bits per heavy atom. The summed E-state index contributed by atoms with van der Waals surface area (Å²) >= 11 is 0. The fourth-order valence-corrected chi connectivity index (χ4v) is 1.42. The maximum atomic E-state index is 10.9. The lowest BCUT2D eigenvalue weighted by Gasteiger charge is -2.22. The number of aliphatic carboxylic acids is 1. The van der Waals surface area contributed by atoms with Crippen LogP contribution in [0.2, 0.25) is 0 Å². The van der Waals surface area contributed by atoms with E-state index in [4.69, 9.17) is 5.11 Å². The van der Waals surface area contributed by atoms with Crippen molar-refractivity contribution in [1.29, 1.82) is 0 Å². The molecule has 0 saturated carbocycles. The lowest BCUT2D eigenvalue weighted by Crippen LogP contribution is -2.37. The van der Waals surface area contributed by atoms with E-state index in [0.717, 1.165) is 0 Å². The normalized spacial score (nSPS) is 12.7. The first-order valence-corrected chi connectivity index (χ1v) is 4.84. The van der Waals surface area contributed by atoms with Gasteiger partial charge in [0.2, 0.25) is 0 Å². The highest BCUT2D eigenvalue weighted by Gasteiger charge is 2.20. The molecule has 1 unspecified atom stereocenters. The molecular formula is C10H15N3O2. The SMILES string of the molecule is CCC(C(=O)O)N(C)Cc1ncccn1. The maximum Gasteiger partial charge on any atom is 0.320 e. The molecule has 0 aliphatic carbocycles. The van der Waals surface area contributed by atoms with Crippen LogP contribution < -0.4 is 0 Å².